The third-order valence-corrected chi connectivity index (χ3v) is 2.86. The van der Waals surface area contributed by atoms with E-state index in [2.05, 4.69) is 38.1 Å². The molecule has 1 aromatic rings. The van der Waals surface area contributed by atoms with Crippen molar-refractivity contribution in [2.24, 2.45) is 5.73 Å². The summed E-state index contributed by atoms with van der Waals surface area (Å²) in [6.45, 7) is 6.48. The quantitative estimate of drug-likeness (QED) is 0.772. The number of aryl methyl sites for hydroxylation is 1. The molecule has 0 aliphatic rings. The van der Waals surface area contributed by atoms with Crippen LogP contribution in [0.15, 0.2) is 12.3 Å². The van der Waals surface area contributed by atoms with Crippen LogP contribution >= 0.6 is 0 Å². The van der Waals surface area contributed by atoms with E-state index >= 15 is 0 Å². The van der Waals surface area contributed by atoms with Gasteiger partial charge in [-0.15, -0.1) is 0 Å². The molecule has 0 fully saturated rings. The van der Waals surface area contributed by atoms with Crippen LogP contribution in [-0.4, -0.2) is 15.8 Å². The number of rotatable bonds is 7. The van der Waals surface area contributed by atoms with Crippen LogP contribution in [0, 0.1) is 0 Å². The summed E-state index contributed by atoms with van der Waals surface area (Å²) in [6.07, 6.45) is 7.70. The molecule has 1 heterocycles. The maximum atomic E-state index is 5.98. The van der Waals surface area contributed by atoms with Gasteiger partial charge in [-0.3, -0.25) is 4.68 Å². The zero-order valence-corrected chi connectivity index (χ0v) is 10.8. The van der Waals surface area contributed by atoms with Crippen molar-refractivity contribution in [3.63, 3.8) is 0 Å². The molecule has 0 aliphatic heterocycles. The van der Waals surface area contributed by atoms with Crippen LogP contribution in [0.5, 0.6) is 0 Å². The molecule has 0 bridgehead atoms. The Balaban J connectivity index is 2.26. The van der Waals surface area contributed by atoms with Crippen molar-refractivity contribution in [2.45, 2.75) is 65.0 Å². The minimum atomic E-state index is 0.372. The van der Waals surface area contributed by atoms with E-state index in [0.717, 1.165) is 25.7 Å². The van der Waals surface area contributed by atoms with E-state index in [1.165, 1.54) is 12.1 Å². The zero-order valence-electron chi connectivity index (χ0n) is 10.8. The zero-order chi connectivity index (χ0) is 12.0. The van der Waals surface area contributed by atoms with Gasteiger partial charge in [0.25, 0.3) is 0 Å². The highest BCUT2D eigenvalue weighted by Crippen LogP contribution is 2.09. The van der Waals surface area contributed by atoms with Crippen LogP contribution in [0.4, 0.5) is 0 Å². The average molecular weight is 223 g/mol. The first-order chi connectivity index (χ1) is 7.63. The standard InChI is InChI=1S/C13H25N3/c1-4-6-12(14)7-5-8-13-9-10-16(15-13)11(2)3/h9-12H,4-8,14H2,1-3H3. The number of hydrogen-bond donors (Lipinski definition) is 1. The van der Waals surface area contributed by atoms with Gasteiger partial charge in [0.2, 0.25) is 0 Å². The Labute approximate surface area is 99.0 Å². The predicted molar refractivity (Wildman–Crippen MR) is 68.4 cm³/mol. The highest BCUT2D eigenvalue weighted by Gasteiger charge is 2.04. The summed E-state index contributed by atoms with van der Waals surface area (Å²) in [5.74, 6) is 0. The summed E-state index contributed by atoms with van der Waals surface area (Å²) >= 11 is 0. The summed E-state index contributed by atoms with van der Waals surface area (Å²) in [6, 6.07) is 2.94. The number of hydrogen-bond acceptors (Lipinski definition) is 2. The number of nitrogens with zero attached hydrogens (tertiary/aromatic N) is 2. The molecule has 3 nitrogen and oxygen atoms in total. The van der Waals surface area contributed by atoms with Gasteiger partial charge in [-0.2, -0.15) is 5.10 Å². The van der Waals surface area contributed by atoms with Crippen molar-refractivity contribution in [3.05, 3.63) is 18.0 Å². The molecule has 0 aliphatic carbocycles. The molecule has 1 atom stereocenters. The minimum Gasteiger partial charge on any atom is -0.328 e. The summed E-state index contributed by atoms with van der Waals surface area (Å²) in [5.41, 5.74) is 7.17. The minimum absolute atomic E-state index is 0.372. The molecular formula is C13H25N3. The molecule has 1 aromatic heterocycles. The third-order valence-electron chi connectivity index (χ3n) is 2.86. The maximum absolute atomic E-state index is 5.98. The highest BCUT2D eigenvalue weighted by molar-refractivity contribution is 4.99. The molecule has 0 spiro atoms. The second-order valence-electron chi connectivity index (χ2n) is 4.82. The summed E-state index contributed by atoms with van der Waals surface area (Å²) < 4.78 is 2.02. The number of nitrogens with two attached hydrogens (primary N) is 1. The van der Waals surface area contributed by atoms with Crippen molar-refractivity contribution in [2.75, 3.05) is 0 Å². The lowest BCUT2D eigenvalue weighted by Gasteiger charge is -2.08. The fraction of sp³-hybridized carbons (Fsp3) is 0.769. The smallest absolute Gasteiger partial charge is 0.0624 e. The van der Waals surface area contributed by atoms with E-state index in [1.807, 2.05) is 4.68 Å². The molecule has 0 saturated heterocycles. The second kappa shape index (κ2) is 6.69. The molecule has 3 heteroatoms. The van der Waals surface area contributed by atoms with Crippen LogP contribution in [0.2, 0.25) is 0 Å². The van der Waals surface area contributed by atoms with Gasteiger partial charge in [0, 0.05) is 18.3 Å². The Hall–Kier alpha value is -0.830. The molecule has 16 heavy (non-hydrogen) atoms. The lowest BCUT2D eigenvalue weighted by Crippen LogP contribution is -2.19. The van der Waals surface area contributed by atoms with Gasteiger partial charge in [0.15, 0.2) is 0 Å². The summed E-state index contributed by atoms with van der Waals surface area (Å²) in [5, 5.41) is 4.53. The van der Waals surface area contributed by atoms with Gasteiger partial charge in [-0.1, -0.05) is 13.3 Å². The first-order valence-corrected chi connectivity index (χ1v) is 6.43. The van der Waals surface area contributed by atoms with E-state index in [9.17, 15) is 0 Å². The Kier molecular flexibility index (Phi) is 5.53. The third kappa shape index (κ3) is 4.35. The first-order valence-electron chi connectivity index (χ1n) is 6.43. The van der Waals surface area contributed by atoms with Crippen LogP contribution in [0.25, 0.3) is 0 Å². The predicted octanol–water partition coefficient (Wildman–Crippen LogP) is 2.91. The molecule has 92 valence electrons. The molecule has 0 amide bonds. The topological polar surface area (TPSA) is 43.8 Å². The summed E-state index contributed by atoms with van der Waals surface area (Å²) in [7, 11) is 0. The van der Waals surface area contributed by atoms with Gasteiger partial charge in [0.1, 0.15) is 0 Å². The molecular weight excluding hydrogens is 198 g/mol. The lowest BCUT2D eigenvalue weighted by molar-refractivity contribution is 0.514. The Morgan fingerprint density at radius 3 is 2.69 bits per heavy atom. The maximum Gasteiger partial charge on any atom is 0.0624 e. The highest BCUT2D eigenvalue weighted by atomic mass is 15.3. The van der Waals surface area contributed by atoms with Crippen molar-refractivity contribution in [3.8, 4) is 0 Å². The normalized spacial score (nSPS) is 13.3. The molecule has 0 aromatic carbocycles. The molecule has 0 radical (unpaired) electrons. The van der Waals surface area contributed by atoms with Gasteiger partial charge in [-0.05, 0) is 45.6 Å². The number of aromatic nitrogens is 2. The Bertz CT molecular complexity index is 291. The molecule has 1 rings (SSSR count). The van der Waals surface area contributed by atoms with Crippen molar-refractivity contribution >= 4 is 0 Å². The first kappa shape index (κ1) is 13.2. The fourth-order valence-electron chi connectivity index (χ4n) is 1.86. The van der Waals surface area contributed by atoms with Crippen LogP contribution in [0.1, 0.15) is 58.2 Å². The van der Waals surface area contributed by atoms with Gasteiger partial charge >= 0.3 is 0 Å². The van der Waals surface area contributed by atoms with E-state index in [1.54, 1.807) is 0 Å². The monoisotopic (exact) mass is 223 g/mol. The molecule has 2 N–H and O–H groups in total. The van der Waals surface area contributed by atoms with Crippen LogP contribution < -0.4 is 5.73 Å². The average Bonchev–Trinajstić information content (AvgIpc) is 2.67. The van der Waals surface area contributed by atoms with Crippen molar-refractivity contribution in [1.29, 1.82) is 0 Å². The van der Waals surface area contributed by atoms with E-state index < -0.39 is 0 Å². The Morgan fingerprint density at radius 2 is 2.12 bits per heavy atom. The van der Waals surface area contributed by atoms with E-state index in [4.69, 9.17) is 5.73 Å². The molecule has 1 unspecified atom stereocenters. The SMILES string of the molecule is CCCC(N)CCCc1ccn(C(C)C)n1. The molecule has 0 saturated carbocycles. The van der Waals surface area contributed by atoms with Gasteiger partial charge < -0.3 is 5.73 Å². The van der Waals surface area contributed by atoms with Gasteiger partial charge in [-0.25, -0.2) is 0 Å². The van der Waals surface area contributed by atoms with Crippen molar-refractivity contribution < 1.29 is 0 Å². The Morgan fingerprint density at radius 1 is 1.38 bits per heavy atom. The van der Waals surface area contributed by atoms with Gasteiger partial charge in [0.05, 0.1) is 5.69 Å². The summed E-state index contributed by atoms with van der Waals surface area (Å²) in [4.78, 5) is 0. The second-order valence-corrected chi connectivity index (χ2v) is 4.82. The van der Waals surface area contributed by atoms with Crippen molar-refractivity contribution in [1.82, 2.24) is 9.78 Å². The fourth-order valence-corrected chi connectivity index (χ4v) is 1.86. The van der Waals surface area contributed by atoms with E-state index in [-0.39, 0.29) is 0 Å². The largest absolute Gasteiger partial charge is 0.328 e. The van der Waals surface area contributed by atoms with E-state index in [0.29, 0.717) is 12.1 Å². The van der Waals surface area contributed by atoms with Crippen LogP contribution in [-0.2, 0) is 6.42 Å². The van der Waals surface area contributed by atoms with Crippen LogP contribution in [0.3, 0.4) is 0 Å². The lowest BCUT2D eigenvalue weighted by atomic mass is 10.1.